The maximum Gasteiger partial charge on any atom is 0.500 e. The summed E-state index contributed by atoms with van der Waals surface area (Å²) >= 11 is 0. The topological polar surface area (TPSA) is 53.7 Å². The normalized spacial score (nSPS) is 14.8. The molecule has 0 rings (SSSR count). The first-order chi connectivity index (χ1) is 6.51. The first-order valence-electron chi connectivity index (χ1n) is 4.92. The van der Waals surface area contributed by atoms with E-state index in [-0.39, 0.29) is 0 Å². The van der Waals surface area contributed by atoms with Gasteiger partial charge in [-0.1, -0.05) is 13.1 Å². The molecule has 1 unspecified atom stereocenters. The second-order valence-electron chi connectivity index (χ2n) is 3.74. The van der Waals surface area contributed by atoms with Crippen LogP contribution < -0.4 is 5.73 Å². The highest BCUT2D eigenvalue weighted by atomic mass is 28.4. The van der Waals surface area contributed by atoms with Crippen LogP contribution in [0.5, 0.6) is 0 Å². The van der Waals surface area contributed by atoms with Crippen molar-refractivity contribution in [1.82, 2.24) is 0 Å². The van der Waals surface area contributed by atoms with E-state index in [2.05, 4.69) is 13.1 Å². The fourth-order valence-electron chi connectivity index (χ4n) is 1.23. The molecular weight excluding hydrogens is 214 g/mol. The minimum absolute atomic E-state index is 0.322. The van der Waals surface area contributed by atoms with Gasteiger partial charge in [-0.2, -0.15) is 0 Å². The molecule has 0 aliphatic heterocycles. The molecule has 86 valence electrons. The molecule has 0 aliphatic carbocycles. The molecule has 0 aromatic heterocycles. The molecule has 0 radical (unpaired) electrons. The maximum absolute atomic E-state index is 6.01. The van der Waals surface area contributed by atoms with Gasteiger partial charge in [0.1, 0.15) is 0 Å². The molecule has 2 N–H and O–H groups in total. The zero-order chi connectivity index (χ0) is 11.2. The van der Waals surface area contributed by atoms with E-state index in [0.717, 1.165) is 12.5 Å². The van der Waals surface area contributed by atoms with Crippen molar-refractivity contribution in [2.24, 2.45) is 5.73 Å². The highest BCUT2D eigenvalue weighted by molar-refractivity contribution is 6.61. The summed E-state index contributed by atoms with van der Waals surface area (Å²) in [6.45, 7) is 4.50. The van der Waals surface area contributed by atoms with E-state index < -0.39 is 17.6 Å². The van der Waals surface area contributed by atoms with Gasteiger partial charge in [0.2, 0.25) is 0 Å². The molecule has 0 heterocycles. The number of hydrogen-bond donors (Lipinski definition) is 1. The summed E-state index contributed by atoms with van der Waals surface area (Å²) in [5.41, 5.74) is 6.33. The van der Waals surface area contributed by atoms with Gasteiger partial charge in [0.25, 0.3) is 0 Å². The van der Waals surface area contributed by atoms with Gasteiger partial charge in [0.15, 0.2) is 0 Å². The molecule has 0 amide bonds. The SMILES string of the molecule is CO[Si](CCC(N)[SiH](C)C)(OC)OC. The van der Waals surface area contributed by atoms with Crippen LogP contribution in [0.3, 0.4) is 0 Å². The molecule has 14 heavy (non-hydrogen) atoms. The van der Waals surface area contributed by atoms with Crippen LogP contribution in [-0.4, -0.2) is 44.6 Å². The van der Waals surface area contributed by atoms with Crippen molar-refractivity contribution in [3.63, 3.8) is 0 Å². The molecule has 0 fully saturated rings. The Balaban J connectivity index is 4.05. The van der Waals surface area contributed by atoms with Crippen molar-refractivity contribution >= 4 is 17.6 Å². The molecule has 0 saturated carbocycles. The molecular formula is C8H23NO3Si2. The maximum atomic E-state index is 6.01. The molecule has 0 spiro atoms. The van der Waals surface area contributed by atoms with E-state index in [1.807, 2.05) is 0 Å². The van der Waals surface area contributed by atoms with E-state index in [4.69, 9.17) is 19.0 Å². The first kappa shape index (κ1) is 14.3. The third-order valence-electron chi connectivity index (χ3n) is 2.57. The Labute approximate surface area is 89.7 Å². The quantitative estimate of drug-likeness (QED) is 0.659. The predicted octanol–water partition coefficient (Wildman–Crippen LogP) is 0.608. The van der Waals surface area contributed by atoms with Crippen molar-refractivity contribution in [2.45, 2.75) is 31.2 Å². The Morgan fingerprint density at radius 2 is 1.57 bits per heavy atom. The summed E-state index contributed by atoms with van der Waals surface area (Å²) in [5.74, 6) is 0. The molecule has 4 nitrogen and oxygen atoms in total. The Morgan fingerprint density at radius 3 is 1.86 bits per heavy atom. The van der Waals surface area contributed by atoms with Crippen molar-refractivity contribution in [2.75, 3.05) is 21.3 Å². The largest absolute Gasteiger partial charge is 0.500 e. The van der Waals surface area contributed by atoms with Crippen molar-refractivity contribution in [3.8, 4) is 0 Å². The van der Waals surface area contributed by atoms with Crippen LogP contribution in [0, 0.1) is 0 Å². The molecule has 0 bridgehead atoms. The van der Waals surface area contributed by atoms with Crippen LogP contribution in [0.15, 0.2) is 0 Å². The third kappa shape index (κ3) is 4.20. The van der Waals surface area contributed by atoms with E-state index in [1.165, 1.54) is 0 Å². The number of hydrogen-bond acceptors (Lipinski definition) is 4. The first-order valence-corrected chi connectivity index (χ1v) is 9.83. The zero-order valence-electron chi connectivity index (χ0n) is 9.87. The third-order valence-corrected chi connectivity index (χ3v) is 7.39. The van der Waals surface area contributed by atoms with E-state index in [0.29, 0.717) is 5.67 Å². The predicted molar refractivity (Wildman–Crippen MR) is 63.1 cm³/mol. The lowest BCUT2D eigenvalue weighted by atomic mass is 10.5. The zero-order valence-corrected chi connectivity index (χ0v) is 12.0. The smallest absolute Gasteiger partial charge is 0.377 e. The van der Waals surface area contributed by atoms with Crippen molar-refractivity contribution in [3.05, 3.63) is 0 Å². The summed E-state index contributed by atoms with van der Waals surface area (Å²) in [5, 5.41) is 0. The standard InChI is InChI=1S/C8H23NO3Si2/c1-10-14(11-2,12-3)7-6-8(9)13(4)5/h8,13H,6-7,9H2,1-5H3. The number of rotatable bonds is 7. The minimum Gasteiger partial charge on any atom is -0.377 e. The van der Waals surface area contributed by atoms with Crippen LogP contribution in [-0.2, 0) is 13.3 Å². The fourth-order valence-corrected chi connectivity index (χ4v) is 4.20. The molecule has 0 aliphatic rings. The summed E-state index contributed by atoms with van der Waals surface area (Å²) in [4.78, 5) is 0. The highest BCUT2D eigenvalue weighted by Gasteiger charge is 2.37. The second-order valence-corrected chi connectivity index (χ2v) is 10.2. The number of nitrogens with two attached hydrogens (primary N) is 1. The van der Waals surface area contributed by atoms with Crippen LogP contribution in [0.4, 0.5) is 0 Å². The Kier molecular flexibility index (Phi) is 6.83. The lowest BCUT2D eigenvalue weighted by molar-refractivity contribution is 0.123. The van der Waals surface area contributed by atoms with Crippen LogP contribution >= 0.6 is 0 Å². The molecule has 0 saturated heterocycles. The van der Waals surface area contributed by atoms with Gasteiger partial charge in [0.05, 0.1) is 8.80 Å². The Bertz CT molecular complexity index is 145. The van der Waals surface area contributed by atoms with E-state index >= 15 is 0 Å². The lowest BCUT2D eigenvalue weighted by Gasteiger charge is -2.26. The Hall–Kier alpha value is 0.274. The Morgan fingerprint density at radius 1 is 1.14 bits per heavy atom. The highest BCUT2D eigenvalue weighted by Crippen LogP contribution is 2.16. The van der Waals surface area contributed by atoms with Gasteiger partial charge in [-0.15, -0.1) is 0 Å². The summed E-state index contributed by atoms with van der Waals surface area (Å²) in [6, 6.07) is 0.808. The van der Waals surface area contributed by atoms with Gasteiger partial charge in [0, 0.05) is 27.4 Å². The van der Waals surface area contributed by atoms with Gasteiger partial charge >= 0.3 is 8.80 Å². The van der Waals surface area contributed by atoms with Gasteiger partial charge in [-0.05, 0) is 12.1 Å². The van der Waals surface area contributed by atoms with Crippen LogP contribution in [0.25, 0.3) is 0 Å². The average molecular weight is 237 g/mol. The lowest BCUT2D eigenvalue weighted by Crippen LogP contribution is -2.45. The van der Waals surface area contributed by atoms with Crippen LogP contribution in [0.1, 0.15) is 6.42 Å². The van der Waals surface area contributed by atoms with Crippen LogP contribution in [0.2, 0.25) is 19.1 Å². The fraction of sp³-hybridized carbons (Fsp3) is 1.00. The van der Waals surface area contributed by atoms with Gasteiger partial charge < -0.3 is 19.0 Å². The molecule has 1 atom stereocenters. The molecule has 0 aromatic carbocycles. The average Bonchev–Trinajstić information content (AvgIpc) is 2.20. The minimum atomic E-state index is -2.38. The van der Waals surface area contributed by atoms with Crippen molar-refractivity contribution < 1.29 is 13.3 Å². The second kappa shape index (κ2) is 6.70. The van der Waals surface area contributed by atoms with Crippen molar-refractivity contribution in [1.29, 1.82) is 0 Å². The monoisotopic (exact) mass is 237 g/mol. The van der Waals surface area contributed by atoms with E-state index in [1.54, 1.807) is 21.3 Å². The summed E-state index contributed by atoms with van der Waals surface area (Å²) in [7, 11) is 1.77. The van der Waals surface area contributed by atoms with E-state index in [9.17, 15) is 0 Å². The molecule has 0 aromatic rings. The summed E-state index contributed by atoms with van der Waals surface area (Å²) < 4.78 is 16.0. The molecule has 6 heteroatoms. The summed E-state index contributed by atoms with van der Waals surface area (Å²) in [6.07, 6.45) is 0.936. The van der Waals surface area contributed by atoms with Gasteiger partial charge in [-0.25, -0.2) is 0 Å². The van der Waals surface area contributed by atoms with Gasteiger partial charge in [-0.3, -0.25) is 0 Å².